The lowest BCUT2D eigenvalue weighted by Crippen LogP contribution is -2.33. The summed E-state index contributed by atoms with van der Waals surface area (Å²) in [7, 11) is -14.3. The number of imidazole rings is 2. The zero-order valence-corrected chi connectivity index (χ0v) is 18.6. The summed E-state index contributed by atoms with van der Waals surface area (Å²) in [5.41, 5.74) is 1.19. The smallest absolute Gasteiger partial charge is 0.387 e. The molecule has 33 heavy (non-hydrogen) atoms. The lowest BCUT2D eigenvalue weighted by atomic mass is 10.1. The van der Waals surface area contributed by atoms with Gasteiger partial charge in [0.1, 0.15) is 31.2 Å². The summed E-state index contributed by atoms with van der Waals surface area (Å²) in [6.45, 7) is -0.707. The van der Waals surface area contributed by atoms with Crippen LogP contribution in [0.5, 0.6) is 0 Å². The molecule has 0 spiro atoms. The SMILES string of the molecule is O=[P+](OC[C@H]1O[C@@H](n2cnc3c2ncn2ccnc32)[C@H](O)[C@@H]1O)OP(=O)(O)OP(=O)(O)OO. The summed E-state index contributed by atoms with van der Waals surface area (Å²) in [6, 6.07) is 0. The van der Waals surface area contributed by atoms with E-state index in [1.807, 2.05) is 0 Å². The van der Waals surface area contributed by atoms with E-state index in [0.29, 0.717) is 16.8 Å². The quantitative estimate of drug-likeness (QED) is 0.140. The van der Waals surface area contributed by atoms with E-state index in [1.165, 1.54) is 17.2 Å². The molecular formula is C12H15N5O13P3+. The highest BCUT2D eigenvalue weighted by Crippen LogP contribution is 2.63. The Kier molecular flexibility index (Phi) is 6.74. The van der Waals surface area contributed by atoms with Crippen LogP contribution in [0.4, 0.5) is 0 Å². The number of aromatic nitrogens is 5. The van der Waals surface area contributed by atoms with Gasteiger partial charge in [0.05, 0.1) is 6.33 Å². The number of aliphatic hydroxyl groups is 2. The van der Waals surface area contributed by atoms with Gasteiger partial charge in [-0.15, -0.1) is 9.20 Å². The van der Waals surface area contributed by atoms with Gasteiger partial charge in [-0.3, -0.25) is 13.9 Å². The van der Waals surface area contributed by atoms with Gasteiger partial charge in [0, 0.05) is 17.0 Å². The second kappa shape index (κ2) is 9.13. The summed E-state index contributed by atoms with van der Waals surface area (Å²) in [5.74, 6) is 0. The van der Waals surface area contributed by atoms with Crippen molar-refractivity contribution in [3.8, 4) is 0 Å². The van der Waals surface area contributed by atoms with Crippen molar-refractivity contribution < 1.29 is 61.5 Å². The molecule has 3 unspecified atom stereocenters. The van der Waals surface area contributed by atoms with Crippen LogP contribution in [0.15, 0.2) is 25.0 Å². The van der Waals surface area contributed by atoms with Crippen LogP contribution in [0.1, 0.15) is 6.23 Å². The molecule has 18 nitrogen and oxygen atoms in total. The van der Waals surface area contributed by atoms with E-state index in [4.69, 9.17) is 14.9 Å². The molecule has 3 aromatic rings. The molecule has 3 aromatic heterocycles. The van der Waals surface area contributed by atoms with E-state index in [0.717, 1.165) is 0 Å². The number of ether oxygens (including phenoxy) is 1. The molecule has 0 saturated carbocycles. The molecule has 0 amide bonds. The Balaban J connectivity index is 1.42. The predicted octanol–water partition coefficient (Wildman–Crippen LogP) is 0.0958. The second-order valence-corrected chi connectivity index (χ2v) is 10.5. The fourth-order valence-corrected chi connectivity index (χ4v) is 5.71. The van der Waals surface area contributed by atoms with E-state index in [2.05, 4.69) is 32.8 Å². The lowest BCUT2D eigenvalue weighted by molar-refractivity contribution is -0.157. The minimum Gasteiger partial charge on any atom is -0.387 e. The number of rotatable bonds is 9. The van der Waals surface area contributed by atoms with Crippen molar-refractivity contribution >= 4 is 40.7 Å². The molecule has 1 aliphatic rings. The molecule has 180 valence electrons. The summed E-state index contributed by atoms with van der Waals surface area (Å²) in [4.78, 5) is 30.6. The molecule has 7 atom stereocenters. The third-order valence-corrected chi connectivity index (χ3v) is 7.96. The zero-order chi connectivity index (χ0) is 24.0. The van der Waals surface area contributed by atoms with Crippen LogP contribution in [0, 0.1) is 0 Å². The van der Waals surface area contributed by atoms with Gasteiger partial charge in [-0.2, -0.15) is 4.31 Å². The van der Waals surface area contributed by atoms with Crippen molar-refractivity contribution in [2.24, 2.45) is 0 Å². The Labute approximate surface area is 183 Å². The van der Waals surface area contributed by atoms with Crippen LogP contribution in [0.3, 0.4) is 0 Å². The Bertz CT molecular complexity index is 1280. The number of aliphatic hydroxyl groups excluding tert-OH is 2. The van der Waals surface area contributed by atoms with Crippen molar-refractivity contribution in [2.45, 2.75) is 24.5 Å². The van der Waals surface area contributed by atoms with Gasteiger partial charge in [-0.25, -0.2) is 29.3 Å². The topological polar surface area (TPSA) is 247 Å². The molecule has 1 fully saturated rings. The first-order chi connectivity index (χ1) is 15.5. The number of fused-ring (bicyclic) bond motifs is 3. The standard InChI is InChI=1S/C12H14N5O13P3/c18-8-6(3-26-31(21)29-33(24,25)30-32(22,23)28-20)27-12(9(8)19)17-5-14-7-10-13-1-2-16(10)4-15-11(7)17/h1-2,4-6,8-9,12,18-19H,3H2,(H2-,20,22,23,24,25)/p+1/t6-,8-,9-,12-/m1/s1. The molecule has 1 aliphatic heterocycles. The zero-order valence-electron chi connectivity index (χ0n) is 15.9. The van der Waals surface area contributed by atoms with Crippen LogP contribution in [0.2, 0.25) is 0 Å². The second-order valence-electron chi connectivity index (χ2n) is 6.47. The van der Waals surface area contributed by atoms with Crippen LogP contribution in [-0.4, -0.2) is 74.1 Å². The molecule has 0 aromatic carbocycles. The van der Waals surface area contributed by atoms with Gasteiger partial charge >= 0.3 is 23.9 Å². The number of hydrogen-bond donors (Lipinski definition) is 5. The maximum absolute atomic E-state index is 11.7. The van der Waals surface area contributed by atoms with Crippen LogP contribution >= 0.6 is 23.9 Å². The Morgan fingerprint density at radius 2 is 1.85 bits per heavy atom. The van der Waals surface area contributed by atoms with Gasteiger partial charge in [-0.1, -0.05) is 0 Å². The van der Waals surface area contributed by atoms with Gasteiger partial charge in [0.2, 0.25) is 0 Å². The third kappa shape index (κ3) is 5.03. The van der Waals surface area contributed by atoms with E-state index in [-0.39, 0.29) is 0 Å². The first kappa shape index (κ1) is 24.4. The lowest BCUT2D eigenvalue weighted by Gasteiger charge is -2.16. The molecule has 0 radical (unpaired) electrons. The van der Waals surface area contributed by atoms with Crippen molar-refractivity contribution in [3.63, 3.8) is 0 Å². The molecule has 5 N–H and O–H groups in total. The van der Waals surface area contributed by atoms with Gasteiger partial charge in [0.15, 0.2) is 23.0 Å². The Morgan fingerprint density at radius 3 is 2.58 bits per heavy atom. The Hall–Kier alpha value is -1.75. The molecule has 21 heteroatoms. The number of phosphoric acid groups is 2. The number of nitrogens with zero attached hydrogens (tertiary/aromatic N) is 5. The fourth-order valence-electron chi connectivity index (χ4n) is 3.03. The molecule has 0 aliphatic carbocycles. The van der Waals surface area contributed by atoms with Crippen molar-refractivity contribution in [1.82, 2.24) is 23.9 Å². The molecular weight excluding hydrogens is 515 g/mol. The van der Waals surface area contributed by atoms with Crippen LogP contribution in [-0.2, 0) is 36.3 Å². The highest BCUT2D eigenvalue weighted by Gasteiger charge is 2.48. The van der Waals surface area contributed by atoms with Crippen molar-refractivity contribution in [1.29, 1.82) is 0 Å². The minimum absolute atomic E-state index is 0.291. The maximum atomic E-state index is 11.7. The minimum atomic E-state index is -5.46. The summed E-state index contributed by atoms with van der Waals surface area (Å²) >= 11 is 0. The maximum Gasteiger partial charge on any atom is 0.708 e. The average Bonchev–Trinajstić information content (AvgIpc) is 3.43. The van der Waals surface area contributed by atoms with Crippen LogP contribution in [0.25, 0.3) is 16.8 Å². The highest BCUT2D eigenvalue weighted by atomic mass is 31.3. The van der Waals surface area contributed by atoms with Crippen molar-refractivity contribution in [2.75, 3.05) is 6.61 Å². The molecule has 0 bridgehead atoms. The predicted molar refractivity (Wildman–Crippen MR) is 101 cm³/mol. The first-order valence-electron chi connectivity index (χ1n) is 8.67. The Morgan fingerprint density at radius 1 is 1.09 bits per heavy atom. The first-order valence-corrected chi connectivity index (χ1v) is 12.8. The van der Waals surface area contributed by atoms with Gasteiger partial charge < -0.3 is 19.8 Å². The van der Waals surface area contributed by atoms with Crippen LogP contribution < -0.4 is 0 Å². The van der Waals surface area contributed by atoms with E-state index >= 15 is 0 Å². The summed E-state index contributed by atoms with van der Waals surface area (Å²) in [6.07, 6.45) is 0.463. The fraction of sp³-hybridized carbons (Fsp3) is 0.417. The molecule has 4 heterocycles. The van der Waals surface area contributed by atoms with Gasteiger partial charge in [0.25, 0.3) is 0 Å². The van der Waals surface area contributed by atoms with E-state index in [9.17, 15) is 28.8 Å². The summed E-state index contributed by atoms with van der Waals surface area (Å²) in [5, 5.41) is 28.8. The van der Waals surface area contributed by atoms with Crippen molar-refractivity contribution in [3.05, 3.63) is 25.0 Å². The van der Waals surface area contributed by atoms with E-state index < -0.39 is 55.0 Å². The monoisotopic (exact) mass is 530 g/mol. The van der Waals surface area contributed by atoms with E-state index in [1.54, 1.807) is 16.8 Å². The normalized spacial score (nSPS) is 27.6. The summed E-state index contributed by atoms with van der Waals surface area (Å²) < 4.78 is 58.0. The van der Waals surface area contributed by atoms with Gasteiger partial charge in [-0.05, 0) is 4.31 Å². The average molecular weight is 530 g/mol. The number of hydrogen-bond acceptors (Lipinski definition) is 14. The third-order valence-electron chi connectivity index (χ3n) is 4.39. The molecule has 4 rings (SSSR count). The largest absolute Gasteiger partial charge is 0.708 e. The highest BCUT2D eigenvalue weighted by molar-refractivity contribution is 7.64. The molecule has 1 saturated heterocycles.